The summed E-state index contributed by atoms with van der Waals surface area (Å²) in [7, 11) is 0. The van der Waals surface area contributed by atoms with Crippen LogP contribution < -0.4 is 4.74 Å². The van der Waals surface area contributed by atoms with Crippen molar-refractivity contribution in [2.24, 2.45) is 0 Å². The minimum Gasteiger partial charge on any atom is -0.494 e. The lowest BCUT2D eigenvalue weighted by molar-refractivity contribution is -0.163. The molecule has 0 bridgehead atoms. The van der Waals surface area contributed by atoms with E-state index in [4.69, 9.17) is 9.47 Å². The van der Waals surface area contributed by atoms with Crippen LogP contribution in [0, 0.1) is 0 Å². The number of carbonyl (C=O) groups is 1. The molecule has 0 aliphatic rings. The monoisotopic (exact) mass is 252 g/mol. The molecule has 0 saturated carbocycles. The predicted molar refractivity (Wildman–Crippen MR) is 68.4 cm³/mol. The molecule has 4 heteroatoms. The van der Waals surface area contributed by atoms with E-state index in [0.29, 0.717) is 19.4 Å². The molecule has 0 spiro atoms. The second-order valence-corrected chi connectivity index (χ2v) is 4.26. The number of esters is 1. The third-order valence-corrected chi connectivity index (χ3v) is 2.54. The van der Waals surface area contributed by atoms with Gasteiger partial charge in [0.1, 0.15) is 5.75 Å². The molecule has 0 aliphatic carbocycles. The lowest BCUT2D eigenvalue weighted by atomic mass is 10.0. The summed E-state index contributed by atoms with van der Waals surface area (Å²) in [6.07, 6.45) is 0.902. The summed E-state index contributed by atoms with van der Waals surface area (Å²) in [5.41, 5.74) is -1.43. The Morgan fingerprint density at radius 2 is 2.00 bits per heavy atom. The number of carbonyl (C=O) groups excluding carboxylic acids is 1. The number of para-hydroxylation sites is 1. The largest absolute Gasteiger partial charge is 0.494 e. The third-order valence-electron chi connectivity index (χ3n) is 2.54. The molecule has 1 rings (SSSR count). The molecule has 0 radical (unpaired) electrons. The van der Waals surface area contributed by atoms with Gasteiger partial charge in [0, 0.05) is 0 Å². The average Bonchev–Trinajstić information content (AvgIpc) is 2.36. The van der Waals surface area contributed by atoms with Crippen molar-refractivity contribution in [3.05, 3.63) is 30.3 Å². The Kier molecular flexibility index (Phi) is 5.65. The highest BCUT2D eigenvalue weighted by molar-refractivity contribution is 5.78. The van der Waals surface area contributed by atoms with Crippen molar-refractivity contribution in [1.82, 2.24) is 0 Å². The zero-order chi connectivity index (χ0) is 13.4. The van der Waals surface area contributed by atoms with E-state index >= 15 is 0 Å². The van der Waals surface area contributed by atoms with Gasteiger partial charge in [0.25, 0.3) is 0 Å². The number of hydrogen-bond acceptors (Lipinski definition) is 4. The summed E-state index contributed by atoms with van der Waals surface area (Å²) in [6.45, 7) is 3.91. The summed E-state index contributed by atoms with van der Waals surface area (Å²) in [5.74, 6) is 0.206. The van der Waals surface area contributed by atoms with Crippen molar-refractivity contribution in [3.63, 3.8) is 0 Å². The number of ether oxygens (including phenoxy) is 2. The van der Waals surface area contributed by atoms with Crippen LogP contribution in [0.2, 0.25) is 0 Å². The minimum atomic E-state index is -1.43. The predicted octanol–water partition coefficient (Wildman–Crippen LogP) is 2.16. The summed E-state index contributed by atoms with van der Waals surface area (Å²) >= 11 is 0. The molecule has 1 aromatic rings. The number of rotatable bonds is 7. The Hall–Kier alpha value is -1.55. The summed E-state index contributed by atoms with van der Waals surface area (Å²) in [5, 5.41) is 9.88. The van der Waals surface area contributed by atoms with Crippen molar-refractivity contribution in [2.45, 2.75) is 32.3 Å². The fraction of sp³-hybridized carbons (Fsp3) is 0.500. The number of aliphatic hydroxyl groups is 1. The van der Waals surface area contributed by atoms with E-state index in [1.807, 2.05) is 30.3 Å². The van der Waals surface area contributed by atoms with Crippen molar-refractivity contribution in [3.8, 4) is 5.75 Å². The third kappa shape index (κ3) is 4.75. The molecule has 100 valence electrons. The summed E-state index contributed by atoms with van der Waals surface area (Å²) < 4.78 is 10.3. The van der Waals surface area contributed by atoms with E-state index in [9.17, 15) is 9.90 Å². The van der Waals surface area contributed by atoms with Gasteiger partial charge in [-0.1, -0.05) is 18.2 Å². The van der Waals surface area contributed by atoms with Crippen LogP contribution in [0.15, 0.2) is 30.3 Å². The second kappa shape index (κ2) is 7.01. The van der Waals surface area contributed by atoms with Gasteiger partial charge in [-0.3, -0.25) is 0 Å². The van der Waals surface area contributed by atoms with Gasteiger partial charge < -0.3 is 14.6 Å². The summed E-state index contributed by atoms with van der Waals surface area (Å²) in [6, 6.07) is 9.43. The Bertz CT molecular complexity index is 359. The van der Waals surface area contributed by atoms with Crippen molar-refractivity contribution in [2.75, 3.05) is 13.2 Å². The van der Waals surface area contributed by atoms with E-state index in [1.54, 1.807) is 6.92 Å². The van der Waals surface area contributed by atoms with Crippen LogP contribution in [-0.2, 0) is 9.53 Å². The van der Waals surface area contributed by atoms with Gasteiger partial charge >= 0.3 is 5.97 Å². The first kappa shape index (κ1) is 14.5. The molecule has 1 aromatic carbocycles. The molecule has 0 fully saturated rings. The van der Waals surface area contributed by atoms with Crippen molar-refractivity contribution >= 4 is 5.97 Å². The Labute approximate surface area is 108 Å². The van der Waals surface area contributed by atoms with Crippen LogP contribution in [0.4, 0.5) is 0 Å². The topological polar surface area (TPSA) is 55.8 Å². The minimum absolute atomic E-state index is 0.273. The lowest BCUT2D eigenvalue weighted by Gasteiger charge is -2.20. The van der Waals surface area contributed by atoms with Gasteiger partial charge in [0.2, 0.25) is 0 Å². The zero-order valence-corrected chi connectivity index (χ0v) is 10.9. The first-order valence-electron chi connectivity index (χ1n) is 6.13. The number of benzene rings is 1. The smallest absolute Gasteiger partial charge is 0.337 e. The van der Waals surface area contributed by atoms with Crippen LogP contribution in [0.5, 0.6) is 5.75 Å². The molecule has 0 heterocycles. The SMILES string of the molecule is CCOC(=O)C(C)(O)CCCOc1ccccc1. The molecular weight excluding hydrogens is 232 g/mol. The van der Waals surface area contributed by atoms with Gasteiger partial charge in [-0.25, -0.2) is 4.79 Å². The van der Waals surface area contributed by atoms with Crippen LogP contribution >= 0.6 is 0 Å². The van der Waals surface area contributed by atoms with E-state index in [-0.39, 0.29) is 6.61 Å². The van der Waals surface area contributed by atoms with E-state index < -0.39 is 11.6 Å². The normalized spacial score (nSPS) is 13.7. The molecule has 18 heavy (non-hydrogen) atoms. The molecule has 1 unspecified atom stereocenters. The second-order valence-electron chi connectivity index (χ2n) is 4.26. The average molecular weight is 252 g/mol. The van der Waals surface area contributed by atoms with Gasteiger partial charge in [-0.15, -0.1) is 0 Å². The molecule has 0 aliphatic heterocycles. The molecule has 0 saturated heterocycles. The highest BCUT2D eigenvalue weighted by Gasteiger charge is 2.31. The van der Waals surface area contributed by atoms with Gasteiger partial charge in [0.05, 0.1) is 13.2 Å². The maximum Gasteiger partial charge on any atom is 0.337 e. The zero-order valence-electron chi connectivity index (χ0n) is 10.9. The highest BCUT2D eigenvalue weighted by atomic mass is 16.5. The first-order chi connectivity index (χ1) is 8.56. The molecule has 0 aromatic heterocycles. The van der Waals surface area contributed by atoms with Gasteiger partial charge in [-0.2, -0.15) is 0 Å². The molecule has 0 amide bonds. The molecule has 4 nitrogen and oxygen atoms in total. The fourth-order valence-corrected chi connectivity index (χ4v) is 1.51. The molecule has 1 N–H and O–H groups in total. The van der Waals surface area contributed by atoms with Gasteiger partial charge in [0.15, 0.2) is 5.60 Å². The van der Waals surface area contributed by atoms with E-state index in [1.165, 1.54) is 6.92 Å². The Balaban J connectivity index is 2.27. The number of hydrogen-bond donors (Lipinski definition) is 1. The maximum absolute atomic E-state index is 11.4. The van der Waals surface area contributed by atoms with Crippen LogP contribution in [-0.4, -0.2) is 29.9 Å². The van der Waals surface area contributed by atoms with Crippen LogP contribution in [0.3, 0.4) is 0 Å². The van der Waals surface area contributed by atoms with Gasteiger partial charge in [-0.05, 0) is 38.8 Å². The first-order valence-corrected chi connectivity index (χ1v) is 6.13. The molecular formula is C14H20O4. The van der Waals surface area contributed by atoms with Crippen molar-refractivity contribution in [1.29, 1.82) is 0 Å². The van der Waals surface area contributed by atoms with Crippen LogP contribution in [0.25, 0.3) is 0 Å². The lowest BCUT2D eigenvalue weighted by Crippen LogP contribution is -2.37. The molecule has 1 atom stereocenters. The standard InChI is InChI=1S/C14H20O4/c1-3-17-13(15)14(2,16)10-7-11-18-12-8-5-4-6-9-12/h4-6,8-9,16H,3,7,10-11H2,1-2H3. The van der Waals surface area contributed by atoms with E-state index in [0.717, 1.165) is 5.75 Å². The van der Waals surface area contributed by atoms with Crippen LogP contribution in [0.1, 0.15) is 26.7 Å². The maximum atomic E-state index is 11.4. The van der Waals surface area contributed by atoms with Crippen molar-refractivity contribution < 1.29 is 19.4 Å². The summed E-state index contributed by atoms with van der Waals surface area (Å²) in [4.78, 5) is 11.4. The quantitative estimate of drug-likeness (QED) is 0.597. The Morgan fingerprint density at radius 1 is 1.33 bits per heavy atom. The Morgan fingerprint density at radius 3 is 2.61 bits per heavy atom. The fourth-order valence-electron chi connectivity index (χ4n) is 1.51. The van der Waals surface area contributed by atoms with E-state index in [2.05, 4.69) is 0 Å². The highest BCUT2D eigenvalue weighted by Crippen LogP contribution is 2.15.